The summed E-state index contributed by atoms with van der Waals surface area (Å²) in [6.07, 6.45) is -4.21. The van der Waals surface area contributed by atoms with Crippen molar-refractivity contribution in [3.8, 4) is 0 Å². The van der Waals surface area contributed by atoms with Crippen LogP contribution in [0.15, 0.2) is 47.9 Å². The molecule has 0 aliphatic heterocycles. The molecular weight excluding hydrogens is 289 g/mol. The number of benzene rings is 1. The van der Waals surface area contributed by atoms with Crippen molar-refractivity contribution in [1.82, 2.24) is 0 Å². The Hall–Kier alpha value is -1.43. The second-order valence-electron chi connectivity index (χ2n) is 3.95. The first kappa shape index (κ1) is 16.6. The zero-order valence-corrected chi connectivity index (χ0v) is 11.8. The SMILES string of the molecule is C=CCC(Sc1ccccc1)(C(=O)OCC)C(F)(F)F. The molecule has 2 nitrogen and oxygen atoms in total. The average Bonchev–Trinajstić information content (AvgIpc) is 2.38. The molecule has 0 fully saturated rings. The van der Waals surface area contributed by atoms with Gasteiger partial charge in [0.25, 0.3) is 0 Å². The van der Waals surface area contributed by atoms with E-state index >= 15 is 0 Å². The van der Waals surface area contributed by atoms with Crippen LogP contribution in [-0.2, 0) is 9.53 Å². The molecule has 1 aromatic rings. The highest BCUT2D eigenvalue weighted by Crippen LogP contribution is 2.48. The Morgan fingerprint density at radius 3 is 2.40 bits per heavy atom. The summed E-state index contributed by atoms with van der Waals surface area (Å²) in [6, 6.07) is 7.96. The molecule has 0 aliphatic carbocycles. The molecule has 110 valence electrons. The third-order valence-electron chi connectivity index (χ3n) is 2.53. The summed E-state index contributed by atoms with van der Waals surface area (Å²) >= 11 is 0.445. The molecule has 0 radical (unpaired) electrons. The number of rotatable bonds is 6. The van der Waals surface area contributed by atoms with Crippen molar-refractivity contribution in [1.29, 1.82) is 0 Å². The quantitative estimate of drug-likeness (QED) is 0.447. The maximum absolute atomic E-state index is 13.5. The van der Waals surface area contributed by atoms with Crippen LogP contribution in [0.3, 0.4) is 0 Å². The number of allylic oxidation sites excluding steroid dienone is 1. The van der Waals surface area contributed by atoms with Gasteiger partial charge in [-0.3, -0.25) is 4.79 Å². The minimum Gasteiger partial charge on any atom is -0.465 e. The maximum Gasteiger partial charge on any atom is 0.414 e. The number of carbonyl (C=O) groups excluding carboxylic acids is 1. The monoisotopic (exact) mass is 304 g/mol. The van der Waals surface area contributed by atoms with Gasteiger partial charge in [-0.1, -0.05) is 36.0 Å². The van der Waals surface area contributed by atoms with Crippen molar-refractivity contribution < 1.29 is 22.7 Å². The fourth-order valence-corrected chi connectivity index (χ4v) is 2.75. The first-order valence-electron chi connectivity index (χ1n) is 5.96. The third kappa shape index (κ3) is 3.56. The number of ether oxygens (including phenoxy) is 1. The molecular formula is C14H15F3O2S. The van der Waals surface area contributed by atoms with Crippen LogP contribution in [0, 0.1) is 0 Å². The number of hydrogen-bond donors (Lipinski definition) is 0. The Morgan fingerprint density at radius 2 is 1.95 bits per heavy atom. The van der Waals surface area contributed by atoms with E-state index in [1.807, 2.05) is 0 Å². The number of thioether (sulfide) groups is 1. The molecule has 0 aliphatic rings. The molecule has 1 rings (SSSR count). The van der Waals surface area contributed by atoms with Crippen molar-refractivity contribution in [2.45, 2.75) is 29.2 Å². The van der Waals surface area contributed by atoms with Gasteiger partial charge in [-0.2, -0.15) is 13.2 Å². The van der Waals surface area contributed by atoms with Gasteiger partial charge in [0.05, 0.1) is 6.61 Å². The molecule has 1 unspecified atom stereocenters. The highest BCUT2D eigenvalue weighted by atomic mass is 32.2. The first-order chi connectivity index (χ1) is 9.37. The summed E-state index contributed by atoms with van der Waals surface area (Å²) in [5.74, 6) is -1.29. The largest absolute Gasteiger partial charge is 0.465 e. The number of esters is 1. The van der Waals surface area contributed by atoms with Crippen LogP contribution in [0.2, 0.25) is 0 Å². The zero-order valence-electron chi connectivity index (χ0n) is 10.9. The topological polar surface area (TPSA) is 26.3 Å². The van der Waals surface area contributed by atoms with E-state index in [0.29, 0.717) is 16.7 Å². The molecule has 0 heterocycles. The van der Waals surface area contributed by atoms with E-state index in [1.54, 1.807) is 18.2 Å². The van der Waals surface area contributed by atoms with Crippen LogP contribution in [0.5, 0.6) is 0 Å². The zero-order chi connectivity index (χ0) is 15.2. The van der Waals surface area contributed by atoms with Gasteiger partial charge >= 0.3 is 12.1 Å². The van der Waals surface area contributed by atoms with E-state index in [0.717, 1.165) is 6.08 Å². The molecule has 1 atom stereocenters. The van der Waals surface area contributed by atoms with Crippen molar-refractivity contribution in [3.63, 3.8) is 0 Å². The van der Waals surface area contributed by atoms with Gasteiger partial charge < -0.3 is 4.74 Å². The maximum atomic E-state index is 13.5. The minimum absolute atomic E-state index is 0.108. The van der Waals surface area contributed by atoms with Crippen LogP contribution in [-0.4, -0.2) is 23.5 Å². The van der Waals surface area contributed by atoms with Gasteiger partial charge in [0.1, 0.15) is 0 Å². The van der Waals surface area contributed by atoms with E-state index in [1.165, 1.54) is 19.1 Å². The lowest BCUT2D eigenvalue weighted by molar-refractivity contribution is -0.186. The molecule has 0 N–H and O–H groups in total. The smallest absolute Gasteiger partial charge is 0.414 e. The molecule has 0 spiro atoms. The van der Waals surface area contributed by atoms with Gasteiger partial charge in [-0.15, -0.1) is 6.58 Å². The van der Waals surface area contributed by atoms with Gasteiger partial charge in [-0.05, 0) is 25.5 Å². The highest BCUT2D eigenvalue weighted by molar-refractivity contribution is 8.01. The van der Waals surface area contributed by atoms with Crippen LogP contribution in [0.4, 0.5) is 13.2 Å². The van der Waals surface area contributed by atoms with E-state index < -0.39 is 23.3 Å². The Morgan fingerprint density at radius 1 is 1.35 bits per heavy atom. The van der Waals surface area contributed by atoms with Crippen LogP contribution < -0.4 is 0 Å². The Kier molecular flexibility index (Phi) is 5.68. The molecule has 0 amide bonds. The van der Waals surface area contributed by atoms with E-state index in [2.05, 4.69) is 11.3 Å². The van der Waals surface area contributed by atoms with E-state index in [9.17, 15) is 18.0 Å². The molecule has 1 aromatic carbocycles. The van der Waals surface area contributed by atoms with Crippen molar-refractivity contribution in [2.75, 3.05) is 6.61 Å². The lowest BCUT2D eigenvalue weighted by Crippen LogP contribution is -2.49. The van der Waals surface area contributed by atoms with Gasteiger partial charge in [0, 0.05) is 4.90 Å². The number of carbonyl (C=O) groups is 1. The fourth-order valence-electron chi connectivity index (χ4n) is 1.60. The summed E-state index contributed by atoms with van der Waals surface area (Å²) in [5.41, 5.74) is 0. The predicted molar refractivity (Wildman–Crippen MR) is 72.5 cm³/mol. The van der Waals surface area contributed by atoms with Crippen molar-refractivity contribution >= 4 is 17.7 Å². The second-order valence-corrected chi connectivity index (χ2v) is 5.33. The highest BCUT2D eigenvalue weighted by Gasteiger charge is 2.61. The van der Waals surface area contributed by atoms with Crippen LogP contribution in [0.1, 0.15) is 13.3 Å². The summed E-state index contributed by atoms with van der Waals surface area (Å²) < 4.78 is 42.3. The minimum atomic E-state index is -4.74. The van der Waals surface area contributed by atoms with E-state index in [4.69, 9.17) is 0 Å². The molecule has 20 heavy (non-hydrogen) atoms. The second kappa shape index (κ2) is 6.83. The van der Waals surface area contributed by atoms with Gasteiger partial charge in [-0.25, -0.2) is 0 Å². The number of halogens is 3. The molecule has 0 aromatic heterocycles. The average molecular weight is 304 g/mol. The van der Waals surface area contributed by atoms with Crippen LogP contribution in [0.25, 0.3) is 0 Å². The van der Waals surface area contributed by atoms with Crippen molar-refractivity contribution in [3.05, 3.63) is 43.0 Å². The molecule has 0 saturated heterocycles. The lowest BCUT2D eigenvalue weighted by atomic mass is 10.0. The molecule has 0 bridgehead atoms. The summed E-state index contributed by atoms with van der Waals surface area (Å²) in [5, 5.41) is 0. The standard InChI is InChI=1S/C14H15F3O2S/c1-3-10-13(14(15,16)17,12(18)19-4-2)20-11-8-6-5-7-9-11/h3,5-9H,1,4,10H2,2H3. The van der Waals surface area contributed by atoms with Gasteiger partial charge in [0.15, 0.2) is 0 Å². The Balaban J connectivity index is 3.22. The predicted octanol–water partition coefficient (Wildman–Crippen LogP) is 4.22. The first-order valence-corrected chi connectivity index (χ1v) is 6.78. The Bertz CT molecular complexity index is 459. The summed E-state index contributed by atoms with van der Waals surface area (Å²) in [7, 11) is 0. The molecule has 0 saturated carbocycles. The number of alkyl halides is 3. The normalized spacial score (nSPS) is 14.4. The Labute approximate surface area is 120 Å². The molecule has 6 heteroatoms. The fraction of sp³-hybridized carbons (Fsp3) is 0.357. The van der Waals surface area contributed by atoms with Gasteiger partial charge in [0.2, 0.25) is 4.75 Å². The van der Waals surface area contributed by atoms with E-state index in [-0.39, 0.29) is 6.61 Å². The number of hydrogen-bond acceptors (Lipinski definition) is 3. The summed E-state index contributed by atoms with van der Waals surface area (Å²) in [6.45, 7) is 4.69. The van der Waals surface area contributed by atoms with Crippen molar-refractivity contribution in [2.24, 2.45) is 0 Å². The summed E-state index contributed by atoms with van der Waals surface area (Å²) in [4.78, 5) is 12.2. The van der Waals surface area contributed by atoms with Crippen LogP contribution >= 0.6 is 11.8 Å². The third-order valence-corrected chi connectivity index (χ3v) is 3.95. The lowest BCUT2D eigenvalue weighted by Gasteiger charge is -2.31.